The summed E-state index contributed by atoms with van der Waals surface area (Å²) in [7, 11) is -6.26. The van der Waals surface area contributed by atoms with Gasteiger partial charge >= 0.3 is 21.4 Å². The Morgan fingerprint density at radius 3 is 2.20 bits per heavy atom. The molecule has 0 fully saturated rings. The van der Waals surface area contributed by atoms with Gasteiger partial charge < -0.3 is 4.74 Å². The van der Waals surface area contributed by atoms with E-state index in [1.54, 1.807) is 13.8 Å². The van der Waals surface area contributed by atoms with Crippen molar-refractivity contribution < 1.29 is 30.6 Å². The first-order chi connectivity index (χ1) is 6.59. The first kappa shape index (κ1) is 14.2. The standard InChI is InChI=1S/C7H11F3O4S/c1-5(2)3-4-14-6(11)7(8,9)15(10,12)13/h5H,3-4H2,1-2H3. The highest BCUT2D eigenvalue weighted by molar-refractivity contribution is 7.88. The second kappa shape index (κ2) is 4.82. The molecule has 0 aromatic carbocycles. The van der Waals surface area contributed by atoms with Crippen molar-refractivity contribution in [3.05, 3.63) is 0 Å². The first-order valence-electron chi connectivity index (χ1n) is 4.08. The number of hydrogen-bond donors (Lipinski definition) is 0. The minimum atomic E-state index is -6.26. The average molecular weight is 248 g/mol. The molecule has 8 heteroatoms. The van der Waals surface area contributed by atoms with Crippen molar-refractivity contribution in [3.8, 4) is 0 Å². The lowest BCUT2D eigenvalue weighted by Crippen LogP contribution is -2.37. The molecule has 4 nitrogen and oxygen atoms in total. The molecular formula is C7H11F3O4S. The van der Waals surface area contributed by atoms with Gasteiger partial charge in [-0.3, -0.25) is 0 Å². The van der Waals surface area contributed by atoms with Crippen molar-refractivity contribution in [3.63, 3.8) is 0 Å². The van der Waals surface area contributed by atoms with Crippen molar-refractivity contribution in [2.24, 2.45) is 5.92 Å². The maximum atomic E-state index is 12.4. The molecular weight excluding hydrogens is 237 g/mol. The molecule has 0 bridgehead atoms. The summed E-state index contributed by atoms with van der Waals surface area (Å²) < 4.78 is 60.4. The number of alkyl halides is 2. The lowest BCUT2D eigenvalue weighted by atomic mass is 10.1. The zero-order chi connectivity index (χ0) is 12.3. The van der Waals surface area contributed by atoms with Crippen LogP contribution in [0.5, 0.6) is 0 Å². The molecule has 15 heavy (non-hydrogen) atoms. The minimum absolute atomic E-state index is 0.0911. The molecule has 0 aliphatic heterocycles. The molecule has 0 aromatic heterocycles. The van der Waals surface area contributed by atoms with E-state index in [1.165, 1.54) is 0 Å². The van der Waals surface area contributed by atoms with Crippen LogP contribution in [0.2, 0.25) is 0 Å². The van der Waals surface area contributed by atoms with Crippen LogP contribution in [0, 0.1) is 5.92 Å². The molecule has 0 spiro atoms. The van der Waals surface area contributed by atoms with Crippen LogP contribution < -0.4 is 0 Å². The zero-order valence-electron chi connectivity index (χ0n) is 8.17. The van der Waals surface area contributed by atoms with Gasteiger partial charge in [0.05, 0.1) is 6.61 Å². The molecule has 0 aliphatic carbocycles. The molecule has 0 radical (unpaired) electrons. The SMILES string of the molecule is CC(C)CCOC(=O)C(F)(F)S(=O)(=O)F. The maximum absolute atomic E-state index is 12.4. The summed E-state index contributed by atoms with van der Waals surface area (Å²) in [4.78, 5) is 10.5. The summed E-state index contributed by atoms with van der Waals surface area (Å²) in [5.41, 5.74) is 0. The number of rotatable bonds is 5. The van der Waals surface area contributed by atoms with Gasteiger partial charge in [-0.25, -0.2) is 4.79 Å². The summed E-state index contributed by atoms with van der Waals surface area (Å²) >= 11 is 0. The van der Waals surface area contributed by atoms with E-state index in [0.29, 0.717) is 0 Å². The van der Waals surface area contributed by atoms with Crippen LogP contribution >= 0.6 is 0 Å². The Bertz CT molecular complexity index is 323. The molecule has 0 unspecified atom stereocenters. The molecule has 90 valence electrons. The van der Waals surface area contributed by atoms with Crippen LogP contribution in [-0.4, -0.2) is 26.2 Å². The van der Waals surface area contributed by atoms with Crippen LogP contribution in [-0.2, 0) is 19.8 Å². The Morgan fingerprint density at radius 1 is 1.40 bits per heavy atom. The summed E-state index contributed by atoms with van der Waals surface area (Å²) in [5.74, 6) is -2.29. The van der Waals surface area contributed by atoms with E-state index in [1.807, 2.05) is 0 Å². The third kappa shape index (κ3) is 4.06. The Labute approximate surface area is 85.6 Å². The fourth-order valence-corrected chi connectivity index (χ4v) is 0.829. The van der Waals surface area contributed by atoms with Crippen LogP contribution in [0.15, 0.2) is 0 Å². The quantitative estimate of drug-likeness (QED) is 0.546. The average Bonchev–Trinajstić information content (AvgIpc) is 2.01. The third-order valence-electron chi connectivity index (χ3n) is 1.47. The molecule has 0 atom stereocenters. The predicted octanol–water partition coefficient (Wildman–Crippen LogP) is 1.47. The highest BCUT2D eigenvalue weighted by atomic mass is 32.3. The van der Waals surface area contributed by atoms with Crippen molar-refractivity contribution in [2.75, 3.05) is 6.61 Å². The molecule has 0 aliphatic rings. The van der Waals surface area contributed by atoms with Gasteiger partial charge in [0, 0.05) is 0 Å². The van der Waals surface area contributed by atoms with Crippen LogP contribution in [0.3, 0.4) is 0 Å². The Balaban J connectivity index is 4.35. The molecule has 0 amide bonds. The summed E-state index contributed by atoms with van der Waals surface area (Å²) in [6, 6.07) is 0. The normalized spacial score (nSPS) is 12.9. The monoisotopic (exact) mass is 248 g/mol. The van der Waals surface area contributed by atoms with E-state index in [2.05, 4.69) is 4.74 Å². The summed E-state index contributed by atoms with van der Waals surface area (Å²) in [6.45, 7) is 3.12. The van der Waals surface area contributed by atoms with Gasteiger partial charge in [0.15, 0.2) is 0 Å². The summed E-state index contributed by atoms with van der Waals surface area (Å²) in [6.07, 6.45) is 0.286. The van der Waals surface area contributed by atoms with E-state index < -0.39 is 21.4 Å². The van der Waals surface area contributed by atoms with Gasteiger partial charge in [0.2, 0.25) is 0 Å². The van der Waals surface area contributed by atoms with Gasteiger partial charge in [0.25, 0.3) is 0 Å². The van der Waals surface area contributed by atoms with Crippen LogP contribution in [0.25, 0.3) is 0 Å². The van der Waals surface area contributed by atoms with Gasteiger partial charge in [-0.05, 0) is 12.3 Å². The van der Waals surface area contributed by atoms with E-state index in [4.69, 9.17) is 0 Å². The van der Waals surface area contributed by atoms with E-state index in [0.717, 1.165) is 0 Å². The molecule has 0 aromatic rings. The van der Waals surface area contributed by atoms with Crippen LogP contribution in [0.1, 0.15) is 20.3 Å². The first-order valence-corrected chi connectivity index (χ1v) is 5.46. The predicted molar refractivity (Wildman–Crippen MR) is 45.4 cm³/mol. The Kier molecular flexibility index (Phi) is 4.57. The molecule has 0 rings (SSSR count). The topological polar surface area (TPSA) is 60.4 Å². The fourth-order valence-electron chi connectivity index (χ4n) is 0.571. The highest BCUT2D eigenvalue weighted by Crippen LogP contribution is 2.25. The second-order valence-corrected chi connectivity index (χ2v) is 4.66. The molecule has 0 N–H and O–H groups in total. The third-order valence-corrected chi connectivity index (χ3v) is 2.25. The highest BCUT2D eigenvalue weighted by Gasteiger charge is 2.55. The van der Waals surface area contributed by atoms with Crippen LogP contribution in [0.4, 0.5) is 12.7 Å². The minimum Gasteiger partial charge on any atom is -0.460 e. The smallest absolute Gasteiger partial charge is 0.460 e. The van der Waals surface area contributed by atoms with Crippen molar-refractivity contribution in [1.29, 1.82) is 0 Å². The molecule has 0 saturated carbocycles. The van der Waals surface area contributed by atoms with E-state index >= 15 is 0 Å². The van der Waals surface area contributed by atoms with Crippen molar-refractivity contribution in [1.82, 2.24) is 0 Å². The molecule has 0 heterocycles. The van der Waals surface area contributed by atoms with Gasteiger partial charge in [-0.1, -0.05) is 17.7 Å². The second-order valence-electron chi connectivity index (χ2n) is 3.27. The number of esters is 1. The zero-order valence-corrected chi connectivity index (χ0v) is 8.98. The van der Waals surface area contributed by atoms with Gasteiger partial charge in [-0.15, -0.1) is 0 Å². The fraction of sp³-hybridized carbons (Fsp3) is 0.857. The maximum Gasteiger partial charge on any atom is 0.470 e. The Hall–Kier alpha value is -0.790. The molecule has 0 saturated heterocycles. The summed E-state index contributed by atoms with van der Waals surface area (Å²) in [5, 5.41) is -5.12. The number of halogens is 3. The largest absolute Gasteiger partial charge is 0.470 e. The van der Waals surface area contributed by atoms with E-state index in [9.17, 15) is 25.9 Å². The van der Waals surface area contributed by atoms with Crippen molar-refractivity contribution in [2.45, 2.75) is 25.5 Å². The number of hydrogen-bond acceptors (Lipinski definition) is 4. The lowest BCUT2D eigenvalue weighted by molar-refractivity contribution is -0.161. The number of carbonyl (C=O) groups excluding carboxylic acids is 1. The number of carbonyl (C=O) groups is 1. The lowest BCUT2D eigenvalue weighted by Gasteiger charge is -2.11. The van der Waals surface area contributed by atoms with Crippen molar-refractivity contribution >= 4 is 16.2 Å². The van der Waals surface area contributed by atoms with Gasteiger partial charge in [-0.2, -0.15) is 17.2 Å². The van der Waals surface area contributed by atoms with E-state index in [-0.39, 0.29) is 18.9 Å². The Morgan fingerprint density at radius 2 is 1.87 bits per heavy atom. The number of ether oxygens (including phenoxy) is 1. The van der Waals surface area contributed by atoms with Gasteiger partial charge in [0.1, 0.15) is 0 Å².